The van der Waals surface area contributed by atoms with Crippen LogP contribution in [0.4, 0.5) is 4.79 Å². The highest BCUT2D eigenvalue weighted by Crippen LogP contribution is 2.33. The van der Waals surface area contributed by atoms with Crippen molar-refractivity contribution >= 4 is 17.9 Å². The van der Waals surface area contributed by atoms with Crippen LogP contribution in [0.1, 0.15) is 36.0 Å². The van der Waals surface area contributed by atoms with Crippen molar-refractivity contribution in [2.24, 2.45) is 0 Å². The van der Waals surface area contributed by atoms with Gasteiger partial charge in [-0.05, 0) is 43.9 Å². The van der Waals surface area contributed by atoms with Crippen LogP contribution < -0.4 is 20.1 Å². The van der Waals surface area contributed by atoms with Gasteiger partial charge in [-0.25, -0.2) is 9.59 Å². The number of hydrogen-bond donors (Lipinski definition) is 2. The molecule has 8 nitrogen and oxygen atoms in total. The molecule has 0 bridgehead atoms. The Morgan fingerprint density at radius 2 is 1.80 bits per heavy atom. The minimum atomic E-state index is -0.858. The van der Waals surface area contributed by atoms with Gasteiger partial charge in [0.25, 0.3) is 5.91 Å². The van der Waals surface area contributed by atoms with Crippen molar-refractivity contribution in [3.8, 4) is 11.5 Å². The summed E-state index contributed by atoms with van der Waals surface area (Å²) in [7, 11) is 3.01. The second-order valence-corrected chi connectivity index (χ2v) is 6.16. The first-order valence-corrected chi connectivity index (χ1v) is 8.04. The summed E-state index contributed by atoms with van der Waals surface area (Å²) in [6.07, 6.45) is 1.60. The smallest absolute Gasteiger partial charge is 0.338 e. The SMILES string of the molecule is COc1ccc(C(=O)OC2CCC3(CC2)NC(=O)NC3=O)cc1OC. The van der Waals surface area contributed by atoms with E-state index < -0.39 is 17.5 Å². The van der Waals surface area contributed by atoms with Crippen LogP contribution in [0.2, 0.25) is 0 Å². The Balaban J connectivity index is 1.61. The molecule has 134 valence electrons. The highest BCUT2D eigenvalue weighted by Gasteiger charge is 2.48. The Morgan fingerprint density at radius 1 is 1.12 bits per heavy atom. The predicted molar refractivity (Wildman–Crippen MR) is 86.6 cm³/mol. The highest BCUT2D eigenvalue weighted by atomic mass is 16.5. The number of carbonyl (C=O) groups excluding carboxylic acids is 3. The molecule has 1 saturated carbocycles. The molecule has 0 aromatic heterocycles. The van der Waals surface area contributed by atoms with Gasteiger partial charge in [-0.15, -0.1) is 0 Å². The molecular weight excluding hydrogens is 328 g/mol. The van der Waals surface area contributed by atoms with E-state index in [2.05, 4.69) is 10.6 Å². The summed E-state index contributed by atoms with van der Waals surface area (Å²) in [5.74, 6) is 0.218. The van der Waals surface area contributed by atoms with Gasteiger partial charge >= 0.3 is 12.0 Å². The number of nitrogens with one attached hydrogen (secondary N) is 2. The summed E-state index contributed by atoms with van der Waals surface area (Å²) in [6, 6.07) is 4.35. The van der Waals surface area contributed by atoms with Gasteiger partial charge in [0.05, 0.1) is 19.8 Å². The molecule has 0 atom stereocenters. The van der Waals surface area contributed by atoms with Crippen molar-refractivity contribution in [1.29, 1.82) is 0 Å². The molecule has 2 aliphatic rings. The summed E-state index contributed by atoms with van der Waals surface area (Å²) in [4.78, 5) is 35.6. The van der Waals surface area contributed by atoms with Gasteiger partial charge in [0.15, 0.2) is 11.5 Å². The summed E-state index contributed by atoms with van der Waals surface area (Å²) < 4.78 is 15.9. The Morgan fingerprint density at radius 3 is 2.36 bits per heavy atom. The minimum absolute atomic E-state index is 0.295. The van der Waals surface area contributed by atoms with E-state index in [1.807, 2.05) is 0 Å². The quantitative estimate of drug-likeness (QED) is 0.629. The Bertz CT molecular complexity index is 709. The van der Waals surface area contributed by atoms with Crippen molar-refractivity contribution in [2.75, 3.05) is 14.2 Å². The van der Waals surface area contributed by atoms with Crippen molar-refractivity contribution in [1.82, 2.24) is 10.6 Å². The molecular formula is C17H20N2O6. The van der Waals surface area contributed by atoms with Gasteiger partial charge < -0.3 is 19.5 Å². The van der Waals surface area contributed by atoms with Gasteiger partial charge in [0.2, 0.25) is 0 Å². The third-order valence-electron chi connectivity index (χ3n) is 4.69. The van der Waals surface area contributed by atoms with E-state index in [0.717, 1.165) is 0 Å². The van der Waals surface area contributed by atoms with Crippen molar-refractivity contribution in [3.05, 3.63) is 23.8 Å². The zero-order valence-corrected chi connectivity index (χ0v) is 14.1. The number of benzene rings is 1. The lowest BCUT2D eigenvalue weighted by Gasteiger charge is -2.34. The fourth-order valence-corrected chi connectivity index (χ4v) is 3.26. The molecule has 1 aromatic carbocycles. The zero-order valence-electron chi connectivity index (χ0n) is 14.1. The van der Waals surface area contributed by atoms with E-state index in [1.54, 1.807) is 18.2 Å². The second-order valence-electron chi connectivity index (χ2n) is 6.16. The number of urea groups is 1. The summed E-state index contributed by atoms with van der Waals surface area (Å²) >= 11 is 0. The van der Waals surface area contributed by atoms with Gasteiger partial charge in [-0.3, -0.25) is 10.1 Å². The highest BCUT2D eigenvalue weighted by molar-refractivity contribution is 6.07. The van der Waals surface area contributed by atoms with Crippen molar-refractivity contribution in [3.63, 3.8) is 0 Å². The van der Waals surface area contributed by atoms with Crippen LogP contribution in [0, 0.1) is 0 Å². The van der Waals surface area contributed by atoms with E-state index in [0.29, 0.717) is 42.7 Å². The molecule has 1 aliphatic carbocycles. The number of amides is 3. The van der Waals surface area contributed by atoms with Gasteiger partial charge in [-0.2, -0.15) is 0 Å². The number of carbonyl (C=O) groups is 3. The van der Waals surface area contributed by atoms with Crippen LogP contribution in [0.25, 0.3) is 0 Å². The van der Waals surface area contributed by atoms with Crippen molar-refractivity contribution < 1.29 is 28.6 Å². The molecule has 1 saturated heterocycles. The molecule has 0 unspecified atom stereocenters. The van der Waals surface area contributed by atoms with Gasteiger partial charge in [-0.1, -0.05) is 0 Å². The van der Waals surface area contributed by atoms with E-state index in [9.17, 15) is 14.4 Å². The molecule has 3 rings (SSSR count). The lowest BCUT2D eigenvalue weighted by molar-refractivity contribution is -0.125. The van der Waals surface area contributed by atoms with Crippen LogP contribution in [0.3, 0.4) is 0 Å². The first kappa shape index (κ1) is 17.1. The predicted octanol–water partition coefficient (Wildman–Crippen LogP) is 1.38. The molecule has 0 radical (unpaired) electrons. The summed E-state index contributed by atoms with van der Waals surface area (Å²) in [5, 5.41) is 4.94. The maximum Gasteiger partial charge on any atom is 0.338 e. The number of hydrogen-bond acceptors (Lipinski definition) is 6. The Kier molecular flexibility index (Phi) is 4.52. The number of rotatable bonds is 4. The number of ether oxygens (including phenoxy) is 3. The van der Waals surface area contributed by atoms with Crippen molar-refractivity contribution in [2.45, 2.75) is 37.3 Å². The van der Waals surface area contributed by atoms with Crippen LogP contribution in [-0.4, -0.2) is 43.8 Å². The lowest BCUT2D eigenvalue weighted by Crippen LogP contribution is -2.50. The zero-order chi connectivity index (χ0) is 18.0. The number of imide groups is 1. The molecule has 1 aliphatic heterocycles. The average Bonchev–Trinajstić information content (AvgIpc) is 2.89. The molecule has 8 heteroatoms. The molecule has 1 spiro atoms. The molecule has 1 heterocycles. The van der Waals surface area contributed by atoms with E-state index in [-0.39, 0.29) is 12.0 Å². The molecule has 2 fully saturated rings. The van der Waals surface area contributed by atoms with Crippen LogP contribution >= 0.6 is 0 Å². The standard InChI is InChI=1S/C17H20N2O6/c1-23-12-4-3-10(9-13(12)24-2)14(20)25-11-5-7-17(8-6-11)15(21)18-16(22)19-17/h3-4,9,11H,5-8H2,1-2H3,(H2,18,19,21,22). The average molecular weight is 348 g/mol. The second kappa shape index (κ2) is 6.62. The summed E-state index contributed by atoms with van der Waals surface area (Å²) in [5.41, 5.74) is -0.492. The van der Waals surface area contributed by atoms with Gasteiger partial charge in [0, 0.05) is 0 Å². The first-order valence-electron chi connectivity index (χ1n) is 8.04. The topological polar surface area (TPSA) is 103 Å². The van der Waals surface area contributed by atoms with Crippen LogP contribution in [-0.2, 0) is 9.53 Å². The Hall–Kier alpha value is -2.77. The molecule has 1 aromatic rings. The molecule has 3 amide bonds. The number of esters is 1. The fourth-order valence-electron chi connectivity index (χ4n) is 3.26. The van der Waals surface area contributed by atoms with Gasteiger partial charge in [0.1, 0.15) is 11.6 Å². The normalized spacial score (nSPS) is 25.3. The van der Waals surface area contributed by atoms with E-state index in [4.69, 9.17) is 14.2 Å². The lowest BCUT2D eigenvalue weighted by atomic mass is 9.80. The fraction of sp³-hybridized carbons (Fsp3) is 0.471. The minimum Gasteiger partial charge on any atom is -0.493 e. The summed E-state index contributed by atoms with van der Waals surface area (Å²) in [6.45, 7) is 0. The van der Waals surface area contributed by atoms with E-state index in [1.165, 1.54) is 14.2 Å². The molecule has 25 heavy (non-hydrogen) atoms. The largest absolute Gasteiger partial charge is 0.493 e. The third kappa shape index (κ3) is 3.24. The van der Waals surface area contributed by atoms with Crippen LogP contribution in [0.5, 0.6) is 11.5 Å². The Labute approximate surface area is 144 Å². The maximum atomic E-state index is 12.3. The third-order valence-corrected chi connectivity index (χ3v) is 4.69. The number of methoxy groups -OCH3 is 2. The monoisotopic (exact) mass is 348 g/mol. The first-order chi connectivity index (χ1) is 12.0. The van der Waals surface area contributed by atoms with E-state index >= 15 is 0 Å². The van der Waals surface area contributed by atoms with Crippen LogP contribution in [0.15, 0.2) is 18.2 Å². The molecule has 2 N–H and O–H groups in total. The maximum absolute atomic E-state index is 12.3.